The van der Waals surface area contributed by atoms with Gasteiger partial charge in [0.05, 0.1) is 36.8 Å². The third-order valence-electron chi connectivity index (χ3n) is 6.61. The summed E-state index contributed by atoms with van der Waals surface area (Å²) in [5.41, 5.74) is 3.89. The normalized spacial score (nSPS) is 19.0. The van der Waals surface area contributed by atoms with Gasteiger partial charge >= 0.3 is 5.97 Å². The van der Waals surface area contributed by atoms with Crippen LogP contribution in [0.2, 0.25) is 0 Å². The molecule has 0 saturated carbocycles. The van der Waals surface area contributed by atoms with Crippen LogP contribution < -0.4 is 10.1 Å². The number of carbonyl (C=O) groups is 1. The van der Waals surface area contributed by atoms with E-state index in [0.29, 0.717) is 19.6 Å². The van der Waals surface area contributed by atoms with Gasteiger partial charge in [0.1, 0.15) is 22.7 Å². The van der Waals surface area contributed by atoms with Crippen molar-refractivity contribution in [3.8, 4) is 5.75 Å². The van der Waals surface area contributed by atoms with E-state index in [4.69, 9.17) is 9.47 Å². The Morgan fingerprint density at radius 1 is 1.28 bits per heavy atom. The lowest BCUT2D eigenvalue weighted by atomic mass is 9.72. The largest absolute Gasteiger partial charge is 0.495 e. The fourth-order valence-electron chi connectivity index (χ4n) is 4.74. The number of ether oxygens (including phenoxy) is 2. The maximum Gasteiger partial charge on any atom is 0.312 e. The third kappa shape index (κ3) is 3.33. The summed E-state index contributed by atoms with van der Waals surface area (Å²) in [6.07, 6.45) is 6.52. The van der Waals surface area contributed by atoms with Gasteiger partial charge in [-0.3, -0.25) is 9.79 Å². The van der Waals surface area contributed by atoms with Crippen LogP contribution in [0.3, 0.4) is 0 Å². The number of aliphatic imine (C=N–C) groups is 1. The van der Waals surface area contributed by atoms with Crippen LogP contribution in [0.5, 0.6) is 5.75 Å². The van der Waals surface area contributed by atoms with Crippen LogP contribution in [0.15, 0.2) is 23.5 Å². The Hall–Kier alpha value is -3.00. The number of aryl methyl sites for hydroxylation is 1. The van der Waals surface area contributed by atoms with Gasteiger partial charge in [0.2, 0.25) is 0 Å². The monoisotopic (exact) mass is 450 g/mol. The molecular weight excluding hydrogens is 424 g/mol. The van der Waals surface area contributed by atoms with Crippen LogP contribution in [0.25, 0.3) is 10.2 Å². The summed E-state index contributed by atoms with van der Waals surface area (Å²) in [5, 5.41) is 4.53. The molecule has 0 radical (unpaired) electrons. The first-order chi connectivity index (χ1) is 15.6. The highest BCUT2D eigenvalue weighted by Crippen LogP contribution is 2.47. The molecule has 0 fully saturated rings. The minimum absolute atomic E-state index is 0.0837. The fraction of sp³-hybridized carbons (Fsp3) is 0.417. The van der Waals surface area contributed by atoms with Crippen molar-refractivity contribution in [3.63, 3.8) is 0 Å². The van der Waals surface area contributed by atoms with E-state index in [9.17, 15) is 4.79 Å². The van der Waals surface area contributed by atoms with Crippen molar-refractivity contribution in [1.82, 2.24) is 9.97 Å². The molecule has 1 aliphatic carbocycles. The SMILES string of the molecule is CCOC(=O)[C@@]1(CC)CCc2c(sc3ncnc(Nc4cc5c(cc4OC)CN=C5)c23)C1. The zero-order valence-corrected chi connectivity index (χ0v) is 19.3. The van der Waals surface area contributed by atoms with Crippen LogP contribution in [-0.2, 0) is 28.9 Å². The van der Waals surface area contributed by atoms with Crippen molar-refractivity contribution in [2.24, 2.45) is 10.4 Å². The maximum atomic E-state index is 12.8. The summed E-state index contributed by atoms with van der Waals surface area (Å²) >= 11 is 1.66. The first kappa shape index (κ1) is 20.9. The van der Waals surface area contributed by atoms with Crippen molar-refractivity contribution in [2.45, 2.75) is 46.1 Å². The summed E-state index contributed by atoms with van der Waals surface area (Å²) in [6.45, 7) is 5.03. The Bertz CT molecular complexity index is 1240. The number of esters is 1. The molecule has 0 spiro atoms. The van der Waals surface area contributed by atoms with Gasteiger partial charge in [0.25, 0.3) is 0 Å². The van der Waals surface area contributed by atoms with Crippen LogP contribution >= 0.6 is 11.3 Å². The number of benzene rings is 1. The highest BCUT2D eigenvalue weighted by atomic mass is 32.1. The molecule has 0 bridgehead atoms. The van der Waals surface area contributed by atoms with Gasteiger partial charge in [-0.15, -0.1) is 11.3 Å². The standard InChI is InChI=1S/C24H26N4O3S/c1-4-24(23(29)31-5-2)7-6-16-19(10-24)32-22-20(16)21(26-13-27-22)28-17-8-14-11-25-12-15(14)9-18(17)30-3/h8-9,11,13H,4-7,10,12H2,1-3H3,(H,26,27,28)/t24-/m0/s1. The average molecular weight is 451 g/mol. The highest BCUT2D eigenvalue weighted by molar-refractivity contribution is 7.19. The van der Waals surface area contributed by atoms with Crippen molar-refractivity contribution in [3.05, 3.63) is 40.0 Å². The molecule has 0 saturated heterocycles. The van der Waals surface area contributed by atoms with Gasteiger partial charge in [0.15, 0.2) is 0 Å². The molecule has 1 atom stereocenters. The highest BCUT2D eigenvalue weighted by Gasteiger charge is 2.42. The summed E-state index contributed by atoms with van der Waals surface area (Å²) in [7, 11) is 1.67. The number of hydrogen-bond acceptors (Lipinski definition) is 8. The van der Waals surface area contributed by atoms with Crippen molar-refractivity contribution in [2.75, 3.05) is 19.0 Å². The second-order valence-corrected chi connectivity index (χ2v) is 9.37. The van der Waals surface area contributed by atoms with E-state index < -0.39 is 5.41 Å². The Kier molecular flexibility index (Phi) is 5.33. The topological polar surface area (TPSA) is 85.7 Å². The Morgan fingerprint density at radius 2 is 2.16 bits per heavy atom. The zero-order valence-electron chi connectivity index (χ0n) is 18.5. The third-order valence-corrected chi connectivity index (χ3v) is 7.75. The summed E-state index contributed by atoms with van der Waals surface area (Å²) in [4.78, 5) is 28.4. The Balaban J connectivity index is 1.54. The van der Waals surface area contributed by atoms with E-state index in [2.05, 4.69) is 33.3 Å². The number of nitrogens with one attached hydrogen (secondary N) is 1. The van der Waals surface area contributed by atoms with Gasteiger partial charge in [-0.05, 0) is 61.4 Å². The maximum absolute atomic E-state index is 12.8. The molecular formula is C24H26N4O3S. The van der Waals surface area contributed by atoms with Crippen LogP contribution in [0, 0.1) is 5.41 Å². The molecule has 8 heteroatoms. The summed E-state index contributed by atoms with van der Waals surface area (Å²) in [5.74, 6) is 1.44. The molecule has 0 unspecified atom stereocenters. The molecule has 2 aromatic heterocycles. The molecule has 1 N–H and O–H groups in total. The smallest absolute Gasteiger partial charge is 0.312 e. The molecule has 32 heavy (non-hydrogen) atoms. The predicted molar refractivity (Wildman–Crippen MR) is 126 cm³/mol. The number of fused-ring (bicyclic) bond motifs is 4. The number of rotatable bonds is 6. The molecule has 3 aromatic rings. The minimum Gasteiger partial charge on any atom is -0.495 e. The second-order valence-electron chi connectivity index (χ2n) is 8.28. The quantitative estimate of drug-likeness (QED) is 0.542. The summed E-state index contributed by atoms with van der Waals surface area (Å²) in [6, 6.07) is 4.08. The molecule has 0 amide bonds. The Morgan fingerprint density at radius 3 is 2.94 bits per heavy atom. The van der Waals surface area contributed by atoms with Crippen LogP contribution in [0.4, 0.5) is 11.5 Å². The molecule has 166 valence electrons. The number of carbonyl (C=O) groups excluding carboxylic acids is 1. The van der Waals surface area contributed by atoms with E-state index in [1.165, 1.54) is 10.4 Å². The average Bonchev–Trinajstić information content (AvgIpc) is 3.41. The van der Waals surface area contributed by atoms with E-state index in [-0.39, 0.29) is 5.97 Å². The van der Waals surface area contributed by atoms with Gasteiger partial charge in [-0.25, -0.2) is 9.97 Å². The fourth-order valence-corrected chi connectivity index (χ4v) is 6.07. The van der Waals surface area contributed by atoms with Gasteiger partial charge < -0.3 is 14.8 Å². The summed E-state index contributed by atoms with van der Waals surface area (Å²) < 4.78 is 11.1. The number of methoxy groups -OCH3 is 1. The zero-order chi connectivity index (χ0) is 22.3. The van der Waals surface area contributed by atoms with Crippen molar-refractivity contribution < 1.29 is 14.3 Å². The molecule has 1 aromatic carbocycles. The van der Waals surface area contributed by atoms with Crippen LogP contribution in [0.1, 0.15) is 48.3 Å². The first-order valence-electron chi connectivity index (χ1n) is 11.0. The van der Waals surface area contributed by atoms with E-state index in [1.54, 1.807) is 24.8 Å². The van der Waals surface area contributed by atoms with Crippen molar-refractivity contribution >= 4 is 45.2 Å². The number of thiophene rings is 1. The Labute approximate surface area is 190 Å². The lowest BCUT2D eigenvalue weighted by molar-refractivity contribution is -0.156. The molecule has 5 rings (SSSR count). The number of anilines is 2. The van der Waals surface area contributed by atoms with Gasteiger partial charge in [-0.1, -0.05) is 6.92 Å². The van der Waals surface area contributed by atoms with E-state index in [1.807, 2.05) is 19.2 Å². The molecule has 3 heterocycles. The van der Waals surface area contributed by atoms with Crippen LogP contribution in [-0.4, -0.2) is 35.9 Å². The number of nitrogens with zero attached hydrogens (tertiary/aromatic N) is 3. The predicted octanol–water partition coefficient (Wildman–Crippen LogP) is 4.82. The van der Waals surface area contributed by atoms with E-state index in [0.717, 1.165) is 57.9 Å². The number of hydrogen-bond donors (Lipinski definition) is 1. The number of aromatic nitrogens is 2. The van der Waals surface area contributed by atoms with Gasteiger partial charge in [-0.2, -0.15) is 0 Å². The van der Waals surface area contributed by atoms with E-state index >= 15 is 0 Å². The molecule has 7 nitrogen and oxygen atoms in total. The lowest BCUT2D eigenvalue weighted by Gasteiger charge is -2.33. The minimum atomic E-state index is -0.451. The van der Waals surface area contributed by atoms with Crippen molar-refractivity contribution in [1.29, 1.82) is 0 Å². The molecule has 1 aliphatic heterocycles. The molecule has 2 aliphatic rings. The first-order valence-corrected chi connectivity index (χ1v) is 11.8. The second kappa shape index (κ2) is 8.16. The lowest BCUT2D eigenvalue weighted by Crippen LogP contribution is -2.37. The van der Waals surface area contributed by atoms with Gasteiger partial charge in [0, 0.05) is 11.1 Å².